The molecule has 4 bridgehead atoms. The average Bonchev–Trinajstić information content (AvgIpc) is 2.39. The molecule has 19 heavy (non-hydrogen) atoms. The molecule has 0 unspecified atom stereocenters. The lowest BCUT2D eigenvalue weighted by Crippen LogP contribution is -2.49. The van der Waals surface area contributed by atoms with E-state index in [1.165, 1.54) is 32.1 Å². The molecule has 4 aliphatic rings. The van der Waals surface area contributed by atoms with Gasteiger partial charge in [-0.1, -0.05) is 0 Å². The second kappa shape index (κ2) is 4.44. The number of aromatic nitrogens is 2. The normalized spacial score (nSPS) is 39.7. The molecular weight excluding hydrogens is 238 g/mol. The lowest BCUT2D eigenvalue weighted by Gasteiger charge is -2.53. The molecule has 0 aromatic carbocycles. The van der Waals surface area contributed by atoms with E-state index in [0.29, 0.717) is 18.4 Å². The predicted molar refractivity (Wildman–Crippen MR) is 72.1 cm³/mol. The Bertz CT molecular complexity index is 431. The van der Waals surface area contributed by atoms with Crippen LogP contribution in [-0.2, 0) is 11.3 Å². The van der Waals surface area contributed by atoms with Gasteiger partial charge in [0.15, 0.2) is 5.82 Å². The van der Waals surface area contributed by atoms with Crippen molar-refractivity contribution in [1.82, 2.24) is 9.97 Å². The molecule has 4 saturated carbocycles. The van der Waals surface area contributed by atoms with Crippen molar-refractivity contribution in [2.75, 3.05) is 5.73 Å². The Labute approximate surface area is 113 Å². The molecular formula is C15H21N3O. The highest BCUT2D eigenvalue weighted by molar-refractivity contribution is 5.29. The van der Waals surface area contributed by atoms with Gasteiger partial charge in [0.2, 0.25) is 0 Å². The highest BCUT2D eigenvalue weighted by atomic mass is 16.5. The Hall–Kier alpha value is -1.16. The maximum atomic E-state index is 6.18. The van der Waals surface area contributed by atoms with Crippen molar-refractivity contribution in [3.05, 3.63) is 18.2 Å². The van der Waals surface area contributed by atoms with Gasteiger partial charge < -0.3 is 10.5 Å². The third-order valence-electron chi connectivity index (χ3n) is 5.27. The van der Waals surface area contributed by atoms with Crippen LogP contribution in [0.4, 0.5) is 5.69 Å². The number of nitrogens with zero attached hydrogens (tertiary/aromatic N) is 2. The van der Waals surface area contributed by atoms with Crippen molar-refractivity contribution in [3.8, 4) is 0 Å². The predicted octanol–water partition coefficient (Wildman–Crippen LogP) is 2.40. The van der Waals surface area contributed by atoms with Crippen molar-refractivity contribution in [2.24, 2.45) is 23.7 Å². The molecule has 0 radical (unpaired) electrons. The third kappa shape index (κ3) is 2.12. The van der Waals surface area contributed by atoms with Gasteiger partial charge in [0, 0.05) is 0 Å². The van der Waals surface area contributed by atoms with Crippen LogP contribution >= 0.6 is 0 Å². The van der Waals surface area contributed by atoms with Crippen LogP contribution in [0.2, 0.25) is 0 Å². The Morgan fingerprint density at radius 1 is 1.00 bits per heavy atom. The number of hydrogen-bond acceptors (Lipinski definition) is 4. The molecule has 4 aliphatic carbocycles. The number of hydrogen-bond donors (Lipinski definition) is 1. The van der Waals surface area contributed by atoms with Crippen LogP contribution in [0.25, 0.3) is 0 Å². The van der Waals surface area contributed by atoms with Crippen molar-refractivity contribution < 1.29 is 4.74 Å². The Balaban J connectivity index is 1.42. The van der Waals surface area contributed by atoms with Gasteiger partial charge >= 0.3 is 0 Å². The molecule has 2 N–H and O–H groups in total. The summed E-state index contributed by atoms with van der Waals surface area (Å²) < 4.78 is 6.18. The third-order valence-corrected chi connectivity index (χ3v) is 5.27. The molecule has 5 rings (SSSR count). The van der Waals surface area contributed by atoms with Crippen LogP contribution in [0, 0.1) is 23.7 Å². The van der Waals surface area contributed by atoms with Crippen LogP contribution in [-0.4, -0.2) is 16.1 Å². The molecule has 102 valence electrons. The smallest absolute Gasteiger partial charge is 0.154 e. The first-order chi connectivity index (χ1) is 9.28. The molecule has 0 saturated heterocycles. The molecule has 0 spiro atoms. The largest absolute Gasteiger partial charge is 0.396 e. The second-order valence-electron chi connectivity index (χ2n) is 6.64. The van der Waals surface area contributed by atoms with Gasteiger partial charge in [-0.2, -0.15) is 0 Å². The standard InChI is InChI=1S/C15H21N3O/c16-13-6-17-14(18-7-13)8-19-15-11-2-9-1-10(4-11)5-12(15)3-9/h6-7,9-12,15H,1-5,8,16H2. The minimum atomic E-state index is 0.453. The molecule has 4 nitrogen and oxygen atoms in total. The Morgan fingerprint density at radius 2 is 1.58 bits per heavy atom. The topological polar surface area (TPSA) is 61.0 Å². The van der Waals surface area contributed by atoms with Gasteiger partial charge in [-0.15, -0.1) is 0 Å². The lowest BCUT2D eigenvalue weighted by atomic mass is 9.55. The first kappa shape index (κ1) is 11.6. The van der Waals surface area contributed by atoms with Crippen molar-refractivity contribution in [2.45, 2.75) is 44.8 Å². The fourth-order valence-corrected chi connectivity index (χ4v) is 4.76. The number of ether oxygens (including phenoxy) is 1. The molecule has 0 atom stereocenters. The van der Waals surface area contributed by atoms with E-state index in [2.05, 4.69) is 9.97 Å². The Kier molecular flexibility index (Phi) is 2.72. The molecule has 1 heterocycles. The van der Waals surface area contributed by atoms with E-state index in [-0.39, 0.29) is 0 Å². The number of nitrogens with two attached hydrogens (primary N) is 1. The maximum absolute atomic E-state index is 6.18. The first-order valence-electron chi connectivity index (χ1n) is 7.46. The zero-order valence-corrected chi connectivity index (χ0v) is 11.2. The number of rotatable bonds is 3. The highest BCUT2D eigenvalue weighted by Crippen LogP contribution is 2.54. The quantitative estimate of drug-likeness (QED) is 0.905. The summed E-state index contributed by atoms with van der Waals surface area (Å²) in [6.45, 7) is 0.535. The summed E-state index contributed by atoms with van der Waals surface area (Å²) in [6, 6.07) is 0. The summed E-state index contributed by atoms with van der Waals surface area (Å²) in [4.78, 5) is 8.44. The van der Waals surface area contributed by atoms with Crippen LogP contribution in [0.15, 0.2) is 12.4 Å². The minimum absolute atomic E-state index is 0.453. The monoisotopic (exact) mass is 259 g/mol. The van der Waals surface area contributed by atoms with Crippen molar-refractivity contribution in [3.63, 3.8) is 0 Å². The van der Waals surface area contributed by atoms with E-state index in [1.807, 2.05) is 0 Å². The van der Waals surface area contributed by atoms with Crippen LogP contribution in [0.5, 0.6) is 0 Å². The summed E-state index contributed by atoms with van der Waals surface area (Å²) >= 11 is 0. The molecule has 0 amide bonds. The summed E-state index contributed by atoms with van der Waals surface area (Å²) in [5.41, 5.74) is 6.20. The number of nitrogen functional groups attached to an aromatic ring is 1. The molecule has 1 aromatic rings. The van der Waals surface area contributed by atoms with Crippen molar-refractivity contribution >= 4 is 5.69 Å². The fourth-order valence-electron chi connectivity index (χ4n) is 4.76. The van der Waals surface area contributed by atoms with Crippen LogP contribution in [0.1, 0.15) is 37.9 Å². The van der Waals surface area contributed by atoms with E-state index in [0.717, 1.165) is 29.5 Å². The summed E-state index contributed by atoms with van der Waals surface area (Å²) in [5.74, 6) is 4.34. The maximum Gasteiger partial charge on any atom is 0.154 e. The fraction of sp³-hybridized carbons (Fsp3) is 0.733. The summed E-state index contributed by atoms with van der Waals surface area (Å²) in [5, 5.41) is 0. The lowest BCUT2D eigenvalue weighted by molar-refractivity contribution is -0.133. The Morgan fingerprint density at radius 3 is 2.16 bits per heavy atom. The van der Waals surface area contributed by atoms with Gasteiger partial charge in [0.25, 0.3) is 0 Å². The van der Waals surface area contributed by atoms with Gasteiger partial charge in [-0.25, -0.2) is 9.97 Å². The molecule has 4 fully saturated rings. The van der Waals surface area contributed by atoms with Gasteiger partial charge in [0.05, 0.1) is 24.2 Å². The van der Waals surface area contributed by atoms with Gasteiger partial charge in [-0.3, -0.25) is 0 Å². The van der Waals surface area contributed by atoms with E-state index in [9.17, 15) is 0 Å². The van der Waals surface area contributed by atoms with E-state index >= 15 is 0 Å². The van der Waals surface area contributed by atoms with Gasteiger partial charge in [0.1, 0.15) is 6.61 Å². The zero-order valence-electron chi connectivity index (χ0n) is 11.2. The zero-order chi connectivity index (χ0) is 12.8. The average molecular weight is 259 g/mol. The van der Waals surface area contributed by atoms with E-state index in [1.54, 1.807) is 12.4 Å². The SMILES string of the molecule is Nc1cnc(COC2C3CC4CC(C3)CC2C4)nc1. The van der Waals surface area contributed by atoms with E-state index < -0.39 is 0 Å². The van der Waals surface area contributed by atoms with Crippen molar-refractivity contribution in [1.29, 1.82) is 0 Å². The minimum Gasteiger partial charge on any atom is -0.396 e. The van der Waals surface area contributed by atoms with Gasteiger partial charge in [-0.05, 0) is 55.8 Å². The molecule has 1 aromatic heterocycles. The van der Waals surface area contributed by atoms with E-state index in [4.69, 9.17) is 10.5 Å². The van der Waals surface area contributed by atoms with Crippen LogP contribution in [0.3, 0.4) is 0 Å². The second-order valence-corrected chi connectivity index (χ2v) is 6.64. The van der Waals surface area contributed by atoms with Crippen LogP contribution < -0.4 is 5.73 Å². The molecule has 0 aliphatic heterocycles. The summed E-state index contributed by atoms with van der Waals surface area (Å²) in [6.07, 6.45) is 10.8. The number of anilines is 1. The highest BCUT2D eigenvalue weighted by Gasteiger charge is 2.48. The first-order valence-corrected chi connectivity index (χ1v) is 7.46. The summed E-state index contributed by atoms with van der Waals surface area (Å²) in [7, 11) is 0. The molecule has 4 heteroatoms.